The van der Waals surface area contributed by atoms with Crippen LogP contribution in [0.25, 0.3) is 0 Å². The van der Waals surface area contributed by atoms with Gasteiger partial charge in [0.05, 0.1) is 22.2 Å². The molecule has 0 N–H and O–H groups in total. The van der Waals surface area contributed by atoms with Gasteiger partial charge in [0.25, 0.3) is 0 Å². The highest BCUT2D eigenvalue weighted by atomic mass is 79.9. The van der Waals surface area contributed by atoms with E-state index in [0.29, 0.717) is 0 Å². The van der Waals surface area contributed by atoms with Crippen LogP contribution in [0.5, 0.6) is 0 Å². The summed E-state index contributed by atoms with van der Waals surface area (Å²) in [5.41, 5.74) is 0. The second-order valence-electron chi connectivity index (χ2n) is 2.86. The molecule has 0 aliphatic carbocycles. The summed E-state index contributed by atoms with van der Waals surface area (Å²) in [6, 6.07) is 0. The van der Waals surface area contributed by atoms with E-state index < -0.39 is 0 Å². The molecule has 0 bridgehead atoms. The second-order valence-corrected chi connectivity index (χ2v) is 6.47. The molecule has 0 atom stereocenters. The van der Waals surface area contributed by atoms with Crippen LogP contribution in [0.4, 0.5) is 0 Å². The van der Waals surface area contributed by atoms with Crippen LogP contribution in [0.15, 0.2) is 41.2 Å². The molecule has 1 aliphatic rings. The zero-order chi connectivity index (χ0) is 11.1. The highest BCUT2D eigenvalue weighted by Crippen LogP contribution is 2.51. The Labute approximate surface area is 116 Å². The van der Waals surface area contributed by atoms with E-state index in [1.807, 2.05) is 0 Å². The summed E-state index contributed by atoms with van der Waals surface area (Å²) >= 11 is 10.0. The molecular weight excluding hydrogens is 376 g/mol. The van der Waals surface area contributed by atoms with Gasteiger partial charge in [-0.05, 0) is 31.9 Å². The van der Waals surface area contributed by atoms with Gasteiger partial charge in [0.1, 0.15) is 9.21 Å². The zero-order valence-electron chi connectivity index (χ0n) is 7.52. The third kappa shape index (κ3) is 1.77. The minimum absolute atomic E-state index is 0.765. The molecule has 2 aromatic rings. The maximum Gasteiger partial charge on any atom is 0.143 e. The first-order valence-electron chi connectivity index (χ1n) is 4.14. The van der Waals surface area contributed by atoms with Crippen molar-refractivity contribution in [3.8, 4) is 0 Å². The van der Waals surface area contributed by atoms with Crippen molar-refractivity contribution in [2.75, 3.05) is 0 Å². The maximum atomic E-state index is 3.97. The van der Waals surface area contributed by atoms with Gasteiger partial charge in [-0.2, -0.15) is 10.2 Å². The fraction of sp³-hybridized carbons (Fsp3) is 0. The van der Waals surface area contributed by atoms with Gasteiger partial charge in [-0.15, -0.1) is 10.2 Å². The summed E-state index contributed by atoms with van der Waals surface area (Å²) in [6.07, 6.45) is 3.52. The van der Waals surface area contributed by atoms with E-state index in [4.69, 9.17) is 0 Å². The monoisotopic (exact) mass is 376 g/mol. The molecular formula is C8H2Br2N4S2. The lowest BCUT2D eigenvalue weighted by molar-refractivity contribution is 0.883. The fourth-order valence-corrected chi connectivity index (χ4v) is 4.66. The molecule has 16 heavy (non-hydrogen) atoms. The standard InChI is InChI=1S/C8H2Br2N4S2/c9-7-5-3(1-11-13-7)15-6-4(16-5)2-12-14-8(6)10/h1-2H. The van der Waals surface area contributed by atoms with Crippen LogP contribution < -0.4 is 0 Å². The predicted molar refractivity (Wildman–Crippen MR) is 67.7 cm³/mol. The molecule has 0 amide bonds. The number of hydrogen-bond donors (Lipinski definition) is 0. The molecule has 4 nitrogen and oxygen atoms in total. The third-order valence-electron chi connectivity index (χ3n) is 1.89. The molecule has 3 heterocycles. The van der Waals surface area contributed by atoms with Crippen molar-refractivity contribution in [2.24, 2.45) is 0 Å². The Morgan fingerprint density at radius 1 is 0.812 bits per heavy atom. The quantitative estimate of drug-likeness (QED) is 0.598. The van der Waals surface area contributed by atoms with Gasteiger partial charge in [0.15, 0.2) is 0 Å². The van der Waals surface area contributed by atoms with Crippen molar-refractivity contribution < 1.29 is 0 Å². The highest BCUT2D eigenvalue weighted by Gasteiger charge is 2.23. The van der Waals surface area contributed by atoms with Crippen molar-refractivity contribution in [1.29, 1.82) is 0 Å². The molecule has 3 rings (SSSR count). The van der Waals surface area contributed by atoms with Crippen molar-refractivity contribution in [2.45, 2.75) is 19.6 Å². The molecule has 0 unspecified atom stereocenters. The van der Waals surface area contributed by atoms with E-state index in [1.165, 1.54) is 0 Å². The molecule has 2 aromatic heterocycles. The molecule has 0 saturated carbocycles. The van der Waals surface area contributed by atoms with Crippen molar-refractivity contribution in [1.82, 2.24) is 20.4 Å². The molecule has 8 heteroatoms. The molecule has 0 spiro atoms. The number of rotatable bonds is 0. The van der Waals surface area contributed by atoms with E-state index in [0.717, 1.165) is 28.8 Å². The molecule has 1 aliphatic heterocycles. The summed E-state index contributed by atoms with van der Waals surface area (Å²) in [4.78, 5) is 4.31. The Bertz CT molecular complexity index is 526. The van der Waals surface area contributed by atoms with Gasteiger partial charge in [0.2, 0.25) is 0 Å². The maximum absolute atomic E-state index is 3.97. The minimum Gasteiger partial charge on any atom is -0.157 e. The van der Waals surface area contributed by atoms with E-state index in [1.54, 1.807) is 35.9 Å². The Balaban J connectivity index is 2.17. The van der Waals surface area contributed by atoms with Crippen LogP contribution in [-0.4, -0.2) is 20.4 Å². The molecule has 0 radical (unpaired) electrons. The lowest BCUT2D eigenvalue weighted by atomic mass is 10.5. The average molecular weight is 378 g/mol. The van der Waals surface area contributed by atoms with Crippen LogP contribution in [0.3, 0.4) is 0 Å². The SMILES string of the molecule is Brc1nncc2c1Sc1cnnc(Br)c1S2. The molecule has 0 saturated heterocycles. The molecule has 0 aromatic carbocycles. The minimum atomic E-state index is 0.765. The van der Waals surface area contributed by atoms with Crippen LogP contribution in [0, 0.1) is 0 Å². The predicted octanol–water partition coefficient (Wildman–Crippen LogP) is 3.41. The van der Waals surface area contributed by atoms with Crippen molar-refractivity contribution >= 4 is 55.4 Å². The summed E-state index contributed by atoms with van der Waals surface area (Å²) in [5, 5.41) is 15.8. The average Bonchev–Trinajstić information content (AvgIpc) is 2.29. The van der Waals surface area contributed by atoms with Gasteiger partial charge >= 0.3 is 0 Å². The summed E-state index contributed by atoms with van der Waals surface area (Å²) in [7, 11) is 0. The summed E-state index contributed by atoms with van der Waals surface area (Å²) < 4.78 is 1.53. The Kier molecular flexibility index (Phi) is 2.90. The highest BCUT2D eigenvalue weighted by molar-refractivity contribution is 9.10. The first kappa shape index (κ1) is 10.9. The number of hydrogen-bond acceptors (Lipinski definition) is 6. The first-order chi connectivity index (χ1) is 7.75. The van der Waals surface area contributed by atoms with Gasteiger partial charge < -0.3 is 0 Å². The number of fused-ring (bicyclic) bond motifs is 2. The van der Waals surface area contributed by atoms with Crippen LogP contribution >= 0.6 is 55.4 Å². The number of halogens is 2. The van der Waals surface area contributed by atoms with Gasteiger partial charge in [-0.1, -0.05) is 23.5 Å². The normalized spacial score (nSPS) is 13.1. The lowest BCUT2D eigenvalue weighted by Crippen LogP contribution is -1.97. The topological polar surface area (TPSA) is 51.6 Å². The van der Waals surface area contributed by atoms with Crippen LogP contribution in [0.2, 0.25) is 0 Å². The Hall–Kier alpha value is -0.180. The zero-order valence-corrected chi connectivity index (χ0v) is 12.3. The smallest absolute Gasteiger partial charge is 0.143 e. The van der Waals surface area contributed by atoms with Crippen molar-refractivity contribution in [3.05, 3.63) is 21.6 Å². The Morgan fingerprint density at radius 3 is 1.69 bits per heavy atom. The second kappa shape index (κ2) is 4.25. The molecule has 80 valence electrons. The van der Waals surface area contributed by atoms with Gasteiger partial charge in [-0.3, -0.25) is 0 Å². The Morgan fingerprint density at radius 2 is 1.25 bits per heavy atom. The van der Waals surface area contributed by atoms with Crippen LogP contribution in [-0.2, 0) is 0 Å². The van der Waals surface area contributed by atoms with E-state index in [-0.39, 0.29) is 0 Å². The lowest BCUT2D eigenvalue weighted by Gasteiger charge is -2.17. The number of aromatic nitrogens is 4. The fourth-order valence-electron chi connectivity index (χ4n) is 1.23. The van der Waals surface area contributed by atoms with E-state index >= 15 is 0 Å². The third-order valence-corrected chi connectivity index (χ3v) is 6.07. The summed E-state index contributed by atoms with van der Waals surface area (Å²) in [6.45, 7) is 0. The first-order valence-corrected chi connectivity index (χ1v) is 7.35. The van der Waals surface area contributed by atoms with Gasteiger partial charge in [0, 0.05) is 9.79 Å². The van der Waals surface area contributed by atoms with E-state index in [2.05, 4.69) is 52.3 Å². The van der Waals surface area contributed by atoms with Gasteiger partial charge in [-0.25, -0.2) is 0 Å². The largest absolute Gasteiger partial charge is 0.157 e. The van der Waals surface area contributed by atoms with Crippen LogP contribution in [0.1, 0.15) is 0 Å². The molecule has 0 fully saturated rings. The van der Waals surface area contributed by atoms with Crippen molar-refractivity contribution in [3.63, 3.8) is 0 Å². The van der Waals surface area contributed by atoms with E-state index in [9.17, 15) is 0 Å². The number of nitrogens with zero attached hydrogens (tertiary/aromatic N) is 4. The summed E-state index contributed by atoms with van der Waals surface area (Å²) in [5.74, 6) is 0.